The van der Waals surface area contributed by atoms with E-state index in [0.29, 0.717) is 0 Å². The molecule has 2 heterocycles. The molecular formula is C24H19IrN2-. The molecule has 0 N–H and O–H groups in total. The second-order valence-corrected chi connectivity index (χ2v) is 6.98. The number of hydrogen-bond donors (Lipinski definition) is 0. The number of benzene rings is 3. The van der Waals surface area contributed by atoms with Gasteiger partial charge < -0.3 is 4.40 Å². The summed E-state index contributed by atoms with van der Waals surface area (Å²) < 4.78 is 2.24. The first-order valence-corrected chi connectivity index (χ1v) is 8.92. The molecule has 0 amide bonds. The number of fused-ring (bicyclic) bond motifs is 6. The fourth-order valence-electron chi connectivity index (χ4n) is 4.20. The van der Waals surface area contributed by atoms with E-state index in [0.717, 1.165) is 16.7 Å². The van der Waals surface area contributed by atoms with Crippen molar-refractivity contribution in [2.75, 3.05) is 0 Å². The Hall–Kier alpha value is -2.48. The monoisotopic (exact) mass is 528 g/mol. The molecule has 135 valence electrons. The van der Waals surface area contributed by atoms with Gasteiger partial charge in [0, 0.05) is 37.5 Å². The normalized spacial score (nSPS) is 11.2. The van der Waals surface area contributed by atoms with Crippen molar-refractivity contribution in [3.63, 3.8) is 0 Å². The summed E-state index contributed by atoms with van der Waals surface area (Å²) >= 11 is 0. The van der Waals surface area contributed by atoms with E-state index in [9.17, 15) is 0 Å². The maximum atomic E-state index is 4.71. The van der Waals surface area contributed by atoms with E-state index in [-0.39, 0.29) is 20.1 Å². The number of aryl methyl sites for hydroxylation is 3. The predicted molar refractivity (Wildman–Crippen MR) is 109 cm³/mol. The van der Waals surface area contributed by atoms with Gasteiger partial charge in [-0.25, -0.2) is 0 Å². The molecule has 0 bridgehead atoms. The van der Waals surface area contributed by atoms with E-state index < -0.39 is 0 Å². The quantitative estimate of drug-likeness (QED) is 0.192. The van der Waals surface area contributed by atoms with Gasteiger partial charge in [-0.3, -0.25) is 4.98 Å². The third-order valence-corrected chi connectivity index (χ3v) is 5.32. The zero-order valence-electron chi connectivity index (χ0n) is 15.5. The Labute approximate surface area is 172 Å². The Morgan fingerprint density at radius 3 is 2.41 bits per heavy atom. The van der Waals surface area contributed by atoms with Crippen LogP contribution in [0.4, 0.5) is 0 Å². The van der Waals surface area contributed by atoms with Crippen LogP contribution < -0.4 is 0 Å². The fraction of sp³-hybridized carbons (Fsp3) is 0.125. The minimum Gasteiger partial charge on any atom is -0.338 e. The summed E-state index contributed by atoms with van der Waals surface area (Å²) in [5, 5.41) is 3.56. The van der Waals surface area contributed by atoms with Crippen LogP contribution in [0, 0.1) is 26.8 Å². The first kappa shape index (κ1) is 17.9. The van der Waals surface area contributed by atoms with Gasteiger partial charge in [-0.1, -0.05) is 52.7 Å². The topological polar surface area (TPSA) is 17.3 Å². The van der Waals surface area contributed by atoms with E-state index in [1.165, 1.54) is 38.5 Å². The Kier molecular flexibility index (Phi) is 4.38. The number of para-hydroxylation sites is 1. The van der Waals surface area contributed by atoms with Crippen LogP contribution in [0.15, 0.2) is 60.8 Å². The summed E-state index contributed by atoms with van der Waals surface area (Å²) in [5.41, 5.74) is 8.46. The molecular weight excluding hydrogens is 508 g/mol. The van der Waals surface area contributed by atoms with Crippen LogP contribution in [-0.4, -0.2) is 9.38 Å². The average Bonchev–Trinajstić information content (AvgIpc) is 3.04. The van der Waals surface area contributed by atoms with Crippen LogP contribution in [0.3, 0.4) is 0 Å². The van der Waals surface area contributed by atoms with Gasteiger partial charge in [-0.15, -0.1) is 18.2 Å². The second kappa shape index (κ2) is 6.60. The third-order valence-electron chi connectivity index (χ3n) is 5.32. The van der Waals surface area contributed by atoms with Crippen molar-refractivity contribution in [1.29, 1.82) is 0 Å². The molecule has 5 rings (SSSR count). The first-order chi connectivity index (χ1) is 12.7. The zero-order valence-corrected chi connectivity index (χ0v) is 17.9. The Morgan fingerprint density at radius 1 is 0.889 bits per heavy atom. The molecule has 0 saturated carbocycles. The summed E-state index contributed by atoms with van der Waals surface area (Å²) in [4.78, 5) is 4.71. The minimum absolute atomic E-state index is 0. The summed E-state index contributed by atoms with van der Waals surface area (Å²) in [6.07, 6.45) is 1.95. The molecule has 2 nitrogen and oxygen atoms in total. The second-order valence-electron chi connectivity index (χ2n) is 6.98. The van der Waals surface area contributed by atoms with Crippen LogP contribution in [-0.2, 0) is 20.1 Å². The largest absolute Gasteiger partial charge is 0.338 e. The van der Waals surface area contributed by atoms with Crippen LogP contribution in [0.5, 0.6) is 0 Å². The van der Waals surface area contributed by atoms with Gasteiger partial charge in [0.1, 0.15) is 0 Å². The van der Waals surface area contributed by atoms with Crippen molar-refractivity contribution in [3.8, 4) is 11.1 Å². The average molecular weight is 528 g/mol. The molecule has 5 aromatic rings. The number of pyridine rings is 1. The van der Waals surface area contributed by atoms with Crippen molar-refractivity contribution in [2.24, 2.45) is 0 Å². The summed E-state index contributed by atoms with van der Waals surface area (Å²) in [6.45, 7) is 6.48. The predicted octanol–water partition coefficient (Wildman–Crippen LogP) is 6.03. The van der Waals surface area contributed by atoms with Gasteiger partial charge >= 0.3 is 0 Å². The molecule has 0 aliphatic carbocycles. The van der Waals surface area contributed by atoms with Crippen molar-refractivity contribution in [1.82, 2.24) is 9.38 Å². The Bertz CT molecular complexity index is 1290. The molecule has 0 atom stereocenters. The Morgan fingerprint density at radius 2 is 1.63 bits per heavy atom. The molecule has 0 fully saturated rings. The van der Waals surface area contributed by atoms with Gasteiger partial charge in [0.25, 0.3) is 0 Å². The minimum atomic E-state index is 0. The van der Waals surface area contributed by atoms with Crippen LogP contribution >= 0.6 is 0 Å². The van der Waals surface area contributed by atoms with E-state index >= 15 is 0 Å². The summed E-state index contributed by atoms with van der Waals surface area (Å²) in [5.74, 6) is 0. The van der Waals surface area contributed by atoms with Crippen LogP contribution in [0.1, 0.15) is 16.8 Å². The maximum Gasteiger partial charge on any atom is 0.0610 e. The molecule has 0 unspecified atom stereocenters. The summed E-state index contributed by atoms with van der Waals surface area (Å²) in [7, 11) is 0. The molecule has 0 aliphatic heterocycles. The van der Waals surface area contributed by atoms with E-state index in [4.69, 9.17) is 4.98 Å². The number of rotatable bonds is 1. The number of imidazole rings is 1. The number of hydrogen-bond acceptors (Lipinski definition) is 1. The molecule has 1 radical (unpaired) electrons. The van der Waals surface area contributed by atoms with Gasteiger partial charge in [0.05, 0.1) is 5.65 Å². The smallest absolute Gasteiger partial charge is 0.0610 e. The van der Waals surface area contributed by atoms with Crippen LogP contribution in [0.2, 0.25) is 0 Å². The Balaban J connectivity index is 0.00000180. The van der Waals surface area contributed by atoms with Crippen molar-refractivity contribution >= 4 is 27.3 Å². The van der Waals surface area contributed by atoms with Gasteiger partial charge in [-0.05, 0) is 48.9 Å². The third kappa shape index (κ3) is 2.54. The first-order valence-electron chi connectivity index (χ1n) is 8.92. The summed E-state index contributed by atoms with van der Waals surface area (Å²) in [6, 6.07) is 22.8. The van der Waals surface area contributed by atoms with Crippen molar-refractivity contribution in [2.45, 2.75) is 20.8 Å². The maximum absolute atomic E-state index is 4.71. The molecule has 0 spiro atoms. The fourth-order valence-corrected chi connectivity index (χ4v) is 4.20. The van der Waals surface area contributed by atoms with Gasteiger partial charge in [-0.2, -0.15) is 0 Å². The van der Waals surface area contributed by atoms with E-state index in [1.807, 2.05) is 12.3 Å². The standard InChI is InChI=1S/C24H19N2.Ir/c1-15-8-6-9-16(2)22(15)19-11-7-12-20-23(19)18-10-4-5-13-21(18)26-17(3)14-25-24(20)26;/h4-11,13-14H,1-3H3;/q-1;. The zero-order chi connectivity index (χ0) is 17.8. The van der Waals surface area contributed by atoms with E-state index in [2.05, 4.69) is 79.8 Å². The van der Waals surface area contributed by atoms with Crippen molar-refractivity contribution < 1.29 is 20.1 Å². The molecule has 0 aliphatic rings. The molecule has 0 saturated heterocycles. The van der Waals surface area contributed by atoms with E-state index in [1.54, 1.807) is 0 Å². The van der Waals surface area contributed by atoms with Gasteiger partial charge in [0.15, 0.2) is 0 Å². The molecule has 2 aromatic heterocycles. The van der Waals surface area contributed by atoms with Crippen LogP contribution in [0.25, 0.3) is 38.4 Å². The van der Waals surface area contributed by atoms with Gasteiger partial charge in [0.2, 0.25) is 0 Å². The number of nitrogens with zero attached hydrogens (tertiary/aromatic N) is 2. The number of aromatic nitrogens is 2. The van der Waals surface area contributed by atoms with Crippen molar-refractivity contribution in [3.05, 3.63) is 83.7 Å². The molecule has 3 heteroatoms. The SMILES string of the molecule is Cc1cccc(C)c1-c1cc[c-]c2c1c1ccccc1n1c(C)cnc21.[Ir]. The molecule has 27 heavy (non-hydrogen) atoms. The molecule has 3 aromatic carbocycles.